The van der Waals surface area contributed by atoms with Crippen molar-refractivity contribution < 1.29 is 0 Å². The van der Waals surface area contributed by atoms with E-state index in [1.54, 1.807) is 4.88 Å². The van der Waals surface area contributed by atoms with E-state index in [0.29, 0.717) is 6.04 Å². The number of aryl methyl sites for hydroxylation is 1. The van der Waals surface area contributed by atoms with Crippen molar-refractivity contribution in [1.29, 1.82) is 0 Å². The maximum absolute atomic E-state index is 3.78. The van der Waals surface area contributed by atoms with E-state index < -0.39 is 0 Å². The van der Waals surface area contributed by atoms with Crippen molar-refractivity contribution in [2.75, 3.05) is 5.32 Å². The topological polar surface area (TPSA) is 12.0 Å². The number of hydrogen-bond donors (Lipinski definition) is 1. The zero-order valence-electron chi connectivity index (χ0n) is 11.6. The smallest absolute Gasteiger partial charge is 0.0525 e. The molecule has 2 aromatic carbocycles. The predicted octanol–water partition coefficient (Wildman–Crippen LogP) is 6.15. The van der Waals surface area contributed by atoms with Crippen LogP contribution in [0.2, 0.25) is 0 Å². The van der Waals surface area contributed by atoms with Crippen LogP contribution in [-0.2, 0) is 6.42 Å². The maximum atomic E-state index is 3.78. The van der Waals surface area contributed by atoms with Crippen molar-refractivity contribution in [3.8, 4) is 0 Å². The second-order valence-electron chi connectivity index (χ2n) is 5.53. The zero-order valence-corrected chi connectivity index (χ0v) is 14.0. The molecular weight excluding hydrogens is 342 g/mol. The van der Waals surface area contributed by atoms with Crippen molar-refractivity contribution in [1.82, 2.24) is 0 Å². The molecule has 1 aliphatic rings. The van der Waals surface area contributed by atoms with Gasteiger partial charge in [-0.2, -0.15) is 0 Å². The highest BCUT2D eigenvalue weighted by Crippen LogP contribution is 2.38. The third-order valence-corrected chi connectivity index (χ3v) is 5.94. The van der Waals surface area contributed by atoms with E-state index in [1.807, 2.05) is 11.3 Å². The number of halogens is 1. The number of benzene rings is 2. The SMILES string of the molecule is Brc1ccc(NC2CCCc3sccc32)c2ccccc12. The fraction of sp³-hybridized carbons (Fsp3) is 0.222. The molecule has 0 bridgehead atoms. The molecule has 0 radical (unpaired) electrons. The van der Waals surface area contributed by atoms with Gasteiger partial charge in [-0.1, -0.05) is 40.2 Å². The standard InChI is InChI=1S/C18H16BrNS/c19-15-8-9-17(13-5-2-1-4-12(13)15)20-16-6-3-7-18-14(16)10-11-21-18/h1-2,4-5,8-11,16,20H,3,6-7H2. The van der Waals surface area contributed by atoms with Gasteiger partial charge in [0.2, 0.25) is 0 Å². The zero-order chi connectivity index (χ0) is 14.2. The van der Waals surface area contributed by atoms with Crippen LogP contribution in [-0.4, -0.2) is 0 Å². The van der Waals surface area contributed by atoms with Crippen LogP contribution in [0.5, 0.6) is 0 Å². The van der Waals surface area contributed by atoms with Gasteiger partial charge in [0.25, 0.3) is 0 Å². The maximum Gasteiger partial charge on any atom is 0.0525 e. The highest BCUT2D eigenvalue weighted by Gasteiger charge is 2.21. The van der Waals surface area contributed by atoms with Crippen LogP contribution in [0.1, 0.15) is 29.3 Å². The first kappa shape index (κ1) is 13.4. The molecule has 1 heterocycles. The molecule has 1 aliphatic carbocycles. The predicted molar refractivity (Wildman–Crippen MR) is 95.3 cm³/mol. The van der Waals surface area contributed by atoms with E-state index in [1.165, 1.54) is 41.3 Å². The van der Waals surface area contributed by atoms with Crippen LogP contribution in [0.3, 0.4) is 0 Å². The molecule has 106 valence electrons. The second-order valence-corrected chi connectivity index (χ2v) is 7.38. The lowest BCUT2D eigenvalue weighted by atomic mass is 9.93. The summed E-state index contributed by atoms with van der Waals surface area (Å²) in [4.78, 5) is 1.56. The molecule has 0 spiro atoms. The molecule has 21 heavy (non-hydrogen) atoms. The summed E-state index contributed by atoms with van der Waals surface area (Å²) in [5.74, 6) is 0. The Balaban J connectivity index is 1.75. The Hall–Kier alpha value is -1.32. The highest BCUT2D eigenvalue weighted by atomic mass is 79.9. The molecule has 0 amide bonds. The first-order valence-corrected chi connectivity index (χ1v) is 9.00. The van der Waals surface area contributed by atoms with Gasteiger partial charge in [0.15, 0.2) is 0 Å². The quantitative estimate of drug-likeness (QED) is 0.579. The Kier molecular flexibility index (Phi) is 3.48. The summed E-state index contributed by atoms with van der Waals surface area (Å²) in [7, 11) is 0. The molecule has 1 unspecified atom stereocenters. The number of thiophene rings is 1. The first-order valence-electron chi connectivity index (χ1n) is 7.33. The van der Waals surface area contributed by atoms with E-state index in [2.05, 4.69) is 69.1 Å². The van der Waals surface area contributed by atoms with Crippen LogP contribution in [0.15, 0.2) is 52.3 Å². The Morgan fingerprint density at radius 1 is 1.05 bits per heavy atom. The van der Waals surface area contributed by atoms with E-state index >= 15 is 0 Å². The van der Waals surface area contributed by atoms with Gasteiger partial charge >= 0.3 is 0 Å². The van der Waals surface area contributed by atoms with Gasteiger partial charge in [-0.05, 0) is 53.8 Å². The summed E-state index contributed by atoms with van der Waals surface area (Å²) in [6, 6.07) is 15.6. The lowest BCUT2D eigenvalue weighted by Crippen LogP contribution is -2.15. The number of fused-ring (bicyclic) bond motifs is 2. The third-order valence-electron chi connectivity index (χ3n) is 4.25. The average molecular weight is 358 g/mol. The molecule has 0 saturated heterocycles. The number of rotatable bonds is 2. The summed E-state index contributed by atoms with van der Waals surface area (Å²) in [6.07, 6.45) is 3.74. The first-order chi connectivity index (χ1) is 10.3. The highest BCUT2D eigenvalue weighted by molar-refractivity contribution is 9.10. The summed E-state index contributed by atoms with van der Waals surface area (Å²) in [5.41, 5.74) is 2.73. The summed E-state index contributed by atoms with van der Waals surface area (Å²) < 4.78 is 1.16. The van der Waals surface area contributed by atoms with Crippen LogP contribution in [0.4, 0.5) is 5.69 Å². The Labute approximate surface area is 137 Å². The number of anilines is 1. The molecule has 4 rings (SSSR count). The summed E-state index contributed by atoms with van der Waals surface area (Å²) in [6.45, 7) is 0. The Bertz CT molecular complexity index is 793. The third kappa shape index (κ3) is 2.39. The summed E-state index contributed by atoms with van der Waals surface area (Å²) >= 11 is 5.55. The normalized spacial score (nSPS) is 17.7. The van der Waals surface area contributed by atoms with Gasteiger partial charge in [0, 0.05) is 20.4 Å². The lowest BCUT2D eigenvalue weighted by molar-refractivity contribution is 0.609. The minimum atomic E-state index is 0.449. The summed E-state index contributed by atoms with van der Waals surface area (Å²) in [5, 5.41) is 8.56. The van der Waals surface area contributed by atoms with E-state index in [4.69, 9.17) is 0 Å². The van der Waals surface area contributed by atoms with E-state index in [-0.39, 0.29) is 0 Å². The molecule has 0 saturated carbocycles. The van der Waals surface area contributed by atoms with Crippen LogP contribution in [0, 0.1) is 0 Å². The van der Waals surface area contributed by atoms with Crippen LogP contribution in [0.25, 0.3) is 10.8 Å². The van der Waals surface area contributed by atoms with Gasteiger partial charge in [-0.3, -0.25) is 0 Å². The molecule has 3 aromatic rings. The van der Waals surface area contributed by atoms with Crippen LogP contribution < -0.4 is 5.32 Å². The minimum Gasteiger partial charge on any atom is -0.378 e. The van der Waals surface area contributed by atoms with E-state index in [0.717, 1.165) is 4.47 Å². The number of nitrogens with one attached hydrogen (secondary N) is 1. The van der Waals surface area contributed by atoms with Crippen molar-refractivity contribution in [3.05, 3.63) is 62.8 Å². The van der Waals surface area contributed by atoms with Gasteiger partial charge in [0.05, 0.1) is 6.04 Å². The molecule has 1 aromatic heterocycles. The lowest BCUT2D eigenvalue weighted by Gasteiger charge is -2.25. The molecular formula is C18H16BrNS. The fourth-order valence-electron chi connectivity index (χ4n) is 3.21. The van der Waals surface area contributed by atoms with Gasteiger partial charge in [-0.15, -0.1) is 11.3 Å². The second kappa shape index (κ2) is 5.47. The van der Waals surface area contributed by atoms with Gasteiger partial charge in [-0.25, -0.2) is 0 Å². The molecule has 1 nitrogen and oxygen atoms in total. The van der Waals surface area contributed by atoms with Crippen molar-refractivity contribution in [3.63, 3.8) is 0 Å². The van der Waals surface area contributed by atoms with Crippen molar-refractivity contribution in [2.45, 2.75) is 25.3 Å². The van der Waals surface area contributed by atoms with Crippen LogP contribution >= 0.6 is 27.3 Å². The Morgan fingerprint density at radius 2 is 1.90 bits per heavy atom. The average Bonchev–Trinajstić information content (AvgIpc) is 3.00. The fourth-order valence-corrected chi connectivity index (χ4v) is 4.68. The molecule has 0 fully saturated rings. The molecule has 0 aliphatic heterocycles. The largest absolute Gasteiger partial charge is 0.378 e. The number of hydrogen-bond acceptors (Lipinski definition) is 2. The van der Waals surface area contributed by atoms with Gasteiger partial charge in [0.1, 0.15) is 0 Å². The Morgan fingerprint density at radius 3 is 2.81 bits per heavy atom. The molecule has 3 heteroatoms. The van der Waals surface area contributed by atoms with E-state index in [9.17, 15) is 0 Å². The molecule has 1 atom stereocenters. The van der Waals surface area contributed by atoms with Gasteiger partial charge < -0.3 is 5.32 Å². The van der Waals surface area contributed by atoms with Crippen molar-refractivity contribution in [2.24, 2.45) is 0 Å². The monoisotopic (exact) mass is 357 g/mol. The minimum absolute atomic E-state index is 0.449. The van der Waals surface area contributed by atoms with Crippen molar-refractivity contribution >= 4 is 43.7 Å². The molecule has 1 N–H and O–H groups in total.